The molecule has 0 spiro atoms. The van der Waals surface area contributed by atoms with Crippen molar-refractivity contribution < 1.29 is 0 Å². The summed E-state index contributed by atoms with van der Waals surface area (Å²) in [5.41, 5.74) is 4.61. The Morgan fingerprint density at radius 3 is 2.76 bits per heavy atom. The van der Waals surface area contributed by atoms with Gasteiger partial charge < -0.3 is 10.6 Å². The molecule has 4 nitrogen and oxygen atoms in total. The highest BCUT2D eigenvalue weighted by atomic mass is 35.5. The van der Waals surface area contributed by atoms with E-state index >= 15 is 0 Å². The van der Waals surface area contributed by atoms with Crippen molar-refractivity contribution in [3.63, 3.8) is 0 Å². The van der Waals surface area contributed by atoms with Crippen LogP contribution in [-0.2, 0) is 6.54 Å². The molecule has 4 rings (SSSR count). The summed E-state index contributed by atoms with van der Waals surface area (Å²) in [6.07, 6.45) is 4.08. The van der Waals surface area contributed by atoms with E-state index < -0.39 is 0 Å². The summed E-state index contributed by atoms with van der Waals surface area (Å²) in [7, 11) is 0. The van der Waals surface area contributed by atoms with E-state index in [1.807, 2.05) is 0 Å². The zero-order valence-electron chi connectivity index (χ0n) is 14.0. The first-order valence-corrected chi connectivity index (χ1v) is 9.24. The van der Waals surface area contributed by atoms with E-state index in [2.05, 4.69) is 63.1 Å². The maximum absolute atomic E-state index is 5.73. The largest absolute Gasteiger partial charge is 0.367 e. The quantitative estimate of drug-likeness (QED) is 0.494. The maximum Gasteiger partial charge on any atom is 0.137 e. The molecule has 0 unspecified atom stereocenters. The standard InChI is InChI=1S/C20H21ClN4/c21-8-9-22-12-14-2-1-3-15(10-14)16-4-7-19-18(11-16)20(24-13-23-19)25-17-5-6-17/h1-4,7,10-11,13,17,22H,5-6,8-9,12H2,(H,23,24,25). The molecule has 2 aromatic carbocycles. The Morgan fingerprint density at radius 1 is 1.04 bits per heavy atom. The molecule has 2 N–H and O–H groups in total. The van der Waals surface area contributed by atoms with E-state index in [1.165, 1.54) is 29.5 Å². The van der Waals surface area contributed by atoms with Crippen molar-refractivity contribution in [3.05, 3.63) is 54.4 Å². The molecule has 0 radical (unpaired) electrons. The summed E-state index contributed by atoms with van der Waals surface area (Å²) < 4.78 is 0. The summed E-state index contributed by atoms with van der Waals surface area (Å²) >= 11 is 5.73. The highest BCUT2D eigenvalue weighted by molar-refractivity contribution is 6.18. The van der Waals surface area contributed by atoms with Gasteiger partial charge in [-0.2, -0.15) is 0 Å². The molecule has 0 atom stereocenters. The van der Waals surface area contributed by atoms with Crippen molar-refractivity contribution in [2.75, 3.05) is 17.7 Å². The summed E-state index contributed by atoms with van der Waals surface area (Å²) in [6.45, 7) is 1.64. The monoisotopic (exact) mass is 352 g/mol. The molecule has 0 amide bonds. The van der Waals surface area contributed by atoms with Gasteiger partial charge >= 0.3 is 0 Å². The van der Waals surface area contributed by atoms with Crippen molar-refractivity contribution in [2.45, 2.75) is 25.4 Å². The molecule has 3 aromatic rings. The Labute approximate surface area is 152 Å². The average molecular weight is 353 g/mol. The van der Waals surface area contributed by atoms with Crippen LogP contribution in [0.1, 0.15) is 18.4 Å². The third kappa shape index (κ3) is 3.91. The number of nitrogens with one attached hydrogen (secondary N) is 2. The molecule has 0 aliphatic heterocycles. The lowest BCUT2D eigenvalue weighted by Gasteiger charge is -2.10. The van der Waals surface area contributed by atoms with Crippen molar-refractivity contribution in [1.29, 1.82) is 0 Å². The molecule has 1 aliphatic rings. The highest BCUT2D eigenvalue weighted by Crippen LogP contribution is 2.30. The van der Waals surface area contributed by atoms with Gasteiger partial charge in [-0.25, -0.2) is 9.97 Å². The van der Waals surface area contributed by atoms with Gasteiger partial charge in [0.25, 0.3) is 0 Å². The molecule has 1 fully saturated rings. The molecule has 128 valence electrons. The first-order chi connectivity index (χ1) is 12.3. The molecule has 1 aliphatic carbocycles. The smallest absolute Gasteiger partial charge is 0.137 e. The van der Waals surface area contributed by atoms with Crippen molar-refractivity contribution in [2.24, 2.45) is 0 Å². The van der Waals surface area contributed by atoms with E-state index in [-0.39, 0.29) is 0 Å². The Balaban J connectivity index is 1.65. The minimum Gasteiger partial charge on any atom is -0.367 e. The summed E-state index contributed by atoms with van der Waals surface area (Å²) in [5, 5.41) is 7.93. The Bertz CT molecular complexity index is 876. The maximum atomic E-state index is 5.73. The van der Waals surface area contributed by atoms with Crippen LogP contribution in [0.2, 0.25) is 0 Å². The van der Waals surface area contributed by atoms with Gasteiger partial charge in [-0.3, -0.25) is 0 Å². The second-order valence-corrected chi connectivity index (χ2v) is 6.82. The summed E-state index contributed by atoms with van der Waals surface area (Å²) in [6, 6.07) is 15.6. The molecule has 25 heavy (non-hydrogen) atoms. The van der Waals surface area contributed by atoms with Crippen LogP contribution in [0.15, 0.2) is 48.8 Å². The predicted molar refractivity (Wildman–Crippen MR) is 104 cm³/mol. The normalized spacial score (nSPS) is 14.0. The van der Waals surface area contributed by atoms with Gasteiger partial charge in [-0.05, 0) is 47.7 Å². The fraction of sp³-hybridized carbons (Fsp3) is 0.300. The zero-order chi connectivity index (χ0) is 17.1. The molecule has 0 saturated heterocycles. The number of alkyl halides is 1. The number of aromatic nitrogens is 2. The fourth-order valence-electron chi connectivity index (χ4n) is 2.93. The van der Waals surface area contributed by atoms with Crippen LogP contribution in [0.5, 0.6) is 0 Å². The van der Waals surface area contributed by atoms with Gasteiger partial charge in [0.15, 0.2) is 0 Å². The minimum absolute atomic E-state index is 0.568. The number of rotatable bonds is 7. The van der Waals surface area contributed by atoms with Crippen LogP contribution in [0, 0.1) is 0 Å². The molecule has 1 saturated carbocycles. The number of hydrogen-bond donors (Lipinski definition) is 2. The second-order valence-electron chi connectivity index (χ2n) is 6.44. The Hall–Kier alpha value is -2.17. The van der Waals surface area contributed by atoms with E-state index in [0.29, 0.717) is 11.9 Å². The third-order valence-corrected chi connectivity index (χ3v) is 4.60. The number of nitrogens with zero attached hydrogens (tertiary/aromatic N) is 2. The number of hydrogen-bond acceptors (Lipinski definition) is 4. The lowest BCUT2D eigenvalue weighted by Crippen LogP contribution is -2.15. The lowest BCUT2D eigenvalue weighted by atomic mass is 10.0. The first-order valence-electron chi connectivity index (χ1n) is 8.71. The van der Waals surface area contributed by atoms with Gasteiger partial charge in [0.2, 0.25) is 0 Å². The zero-order valence-corrected chi connectivity index (χ0v) is 14.8. The fourth-order valence-corrected chi connectivity index (χ4v) is 3.07. The molecule has 5 heteroatoms. The van der Waals surface area contributed by atoms with Crippen LogP contribution < -0.4 is 10.6 Å². The molecule has 0 bridgehead atoms. The van der Waals surface area contributed by atoms with Crippen molar-refractivity contribution in [1.82, 2.24) is 15.3 Å². The third-order valence-electron chi connectivity index (χ3n) is 4.41. The van der Waals surface area contributed by atoms with Gasteiger partial charge in [0.05, 0.1) is 5.52 Å². The topological polar surface area (TPSA) is 49.8 Å². The average Bonchev–Trinajstić information content (AvgIpc) is 3.46. The van der Waals surface area contributed by atoms with Gasteiger partial charge in [-0.1, -0.05) is 24.3 Å². The molecule has 1 heterocycles. The molecule has 1 aromatic heterocycles. The van der Waals surface area contributed by atoms with Crippen molar-refractivity contribution in [3.8, 4) is 11.1 Å². The summed E-state index contributed by atoms with van der Waals surface area (Å²) in [5.74, 6) is 1.57. The first kappa shape index (κ1) is 16.3. The summed E-state index contributed by atoms with van der Waals surface area (Å²) in [4.78, 5) is 8.84. The number of benzene rings is 2. The van der Waals surface area contributed by atoms with E-state index in [4.69, 9.17) is 11.6 Å². The SMILES string of the molecule is ClCCNCc1cccc(-c2ccc3ncnc(NC4CC4)c3c2)c1. The highest BCUT2D eigenvalue weighted by Gasteiger charge is 2.22. The number of fused-ring (bicyclic) bond motifs is 1. The van der Waals surface area contributed by atoms with Crippen LogP contribution in [0.4, 0.5) is 5.82 Å². The van der Waals surface area contributed by atoms with Crippen LogP contribution >= 0.6 is 11.6 Å². The predicted octanol–water partition coefficient (Wildman–Crippen LogP) is 4.20. The lowest BCUT2D eigenvalue weighted by molar-refractivity contribution is 0.730. The van der Waals surface area contributed by atoms with Crippen LogP contribution in [0.3, 0.4) is 0 Å². The Morgan fingerprint density at radius 2 is 1.92 bits per heavy atom. The van der Waals surface area contributed by atoms with Crippen molar-refractivity contribution >= 4 is 28.3 Å². The number of anilines is 1. The Kier molecular flexibility index (Phi) is 4.81. The van der Waals surface area contributed by atoms with Gasteiger partial charge in [0.1, 0.15) is 12.1 Å². The van der Waals surface area contributed by atoms with Gasteiger partial charge in [-0.15, -0.1) is 11.6 Å². The van der Waals surface area contributed by atoms with Crippen LogP contribution in [-0.4, -0.2) is 28.4 Å². The minimum atomic E-state index is 0.568. The van der Waals surface area contributed by atoms with Gasteiger partial charge in [0, 0.05) is 30.4 Å². The number of halogens is 1. The van der Waals surface area contributed by atoms with E-state index in [9.17, 15) is 0 Å². The van der Waals surface area contributed by atoms with E-state index in [1.54, 1.807) is 6.33 Å². The molecular formula is C20H21ClN4. The van der Waals surface area contributed by atoms with E-state index in [0.717, 1.165) is 29.8 Å². The second kappa shape index (κ2) is 7.38. The molecular weight excluding hydrogens is 332 g/mol. The van der Waals surface area contributed by atoms with Crippen LogP contribution in [0.25, 0.3) is 22.0 Å².